The number of rotatable bonds is 5. The van der Waals surface area contributed by atoms with Crippen LogP contribution in [0.4, 0.5) is 5.69 Å². The molecule has 2 heterocycles. The van der Waals surface area contributed by atoms with E-state index in [4.69, 9.17) is 11.6 Å². The summed E-state index contributed by atoms with van der Waals surface area (Å²) >= 11 is 7.18. The van der Waals surface area contributed by atoms with Gasteiger partial charge < -0.3 is 5.32 Å². The second-order valence-electron chi connectivity index (χ2n) is 4.32. The highest BCUT2D eigenvalue weighted by molar-refractivity contribution is 7.99. The van der Waals surface area contributed by atoms with Crippen LogP contribution in [0.3, 0.4) is 0 Å². The highest BCUT2D eigenvalue weighted by Gasteiger charge is 2.28. The number of carbonyl (C=O) groups is 1. The van der Waals surface area contributed by atoms with Crippen LogP contribution < -0.4 is 5.32 Å². The van der Waals surface area contributed by atoms with Crippen LogP contribution in [0, 0.1) is 0 Å². The van der Waals surface area contributed by atoms with E-state index >= 15 is 0 Å². The van der Waals surface area contributed by atoms with Gasteiger partial charge in [0.05, 0.1) is 17.5 Å². The molecule has 1 N–H and O–H groups in total. The Kier molecular flexibility index (Phi) is 3.83. The first-order valence-corrected chi connectivity index (χ1v) is 7.41. The van der Waals surface area contributed by atoms with Crippen LogP contribution >= 0.6 is 23.4 Å². The maximum atomic E-state index is 11.9. The Labute approximate surface area is 124 Å². The van der Waals surface area contributed by atoms with Gasteiger partial charge in [-0.3, -0.25) is 4.79 Å². The number of pyridine rings is 1. The summed E-state index contributed by atoms with van der Waals surface area (Å²) in [5, 5.41) is 15.1. The first kappa shape index (κ1) is 13.3. The Bertz CT molecular complexity index is 629. The van der Waals surface area contributed by atoms with Crippen molar-refractivity contribution in [2.45, 2.75) is 24.0 Å². The number of amides is 1. The molecule has 20 heavy (non-hydrogen) atoms. The zero-order chi connectivity index (χ0) is 13.9. The van der Waals surface area contributed by atoms with Gasteiger partial charge in [-0.25, -0.2) is 9.67 Å². The van der Waals surface area contributed by atoms with Crippen molar-refractivity contribution in [3.63, 3.8) is 0 Å². The Morgan fingerprint density at radius 2 is 2.40 bits per heavy atom. The molecule has 0 unspecified atom stereocenters. The molecule has 1 saturated carbocycles. The lowest BCUT2D eigenvalue weighted by molar-refractivity contribution is -0.113. The Balaban J connectivity index is 1.57. The molecule has 2 aromatic heterocycles. The number of hydrogen-bond donors (Lipinski definition) is 1. The standard InChI is InChI=1S/C11H11ClN6OS/c12-10-8(2-1-5-13-10)14-9(19)6-20-11-15-16-17-18(11)7-3-4-7/h1-2,5,7H,3-4,6H2,(H,14,19). The zero-order valence-corrected chi connectivity index (χ0v) is 11.9. The maximum absolute atomic E-state index is 11.9. The van der Waals surface area contributed by atoms with Gasteiger partial charge in [0.2, 0.25) is 11.1 Å². The number of nitrogens with zero attached hydrogens (tertiary/aromatic N) is 5. The number of carbonyl (C=O) groups excluding carboxylic acids is 1. The van der Waals surface area contributed by atoms with E-state index in [9.17, 15) is 4.79 Å². The van der Waals surface area contributed by atoms with Gasteiger partial charge >= 0.3 is 0 Å². The molecule has 2 aromatic rings. The van der Waals surface area contributed by atoms with Crippen LogP contribution in [0.1, 0.15) is 18.9 Å². The van der Waals surface area contributed by atoms with Gasteiger partial charge in [-0.1, -0.05) is 23.4 Å². The lowest BCUT2D eigenvalue weighted by atomic mass is 10.4. The predicted molar refractivity (Wildman–Crippen MR) is 74.7 cm³/mol. The predicted octanol–water partition coefficient (Wildman–Crippen LogP) is 1.79. The molecule has 0 radical (unpaired) electrons. The molecule has 1 aliphatic rings. The molecule has 1 fully saturated rings. The fourth-order valence-corrected chi connectivity index (χ4v) is 2.54. The Hall–Kier alpha value is -1.67. The first-order valence-electron chi connectivity index (χ1n) is 6.05. The van der Waals surface area contributed by atoms with E-state index in [-0.39, 0.29) is 16.8 Å². The summed E-state index contributed by atoms with van der Waals surface area (Å²) in [5.74, 6) is 0.0495. The number of tetrazole rings is 1. The molecule has 0 bridgehead atoms. The summed E-state index contributed by atoms with van der Waals surface area (Å²) in [7, 11) is 0. The molecular formula is C11H11ClN6OS. The van der Waals surface area contributed by atoms with Crippen LogP contribution in [0.5, 0.6) is 0 Å². The van der Waals surface area contributed by atoms with Crippen molar-refractivity contribution in [1.29, 1.82) is 0 Å². The molecule has 7 nitrogen and oxygen atoms in total. The van der Waals surface area contributed by atoms with Gasteiger partial charge in [0.15, 0.2) is 5.15 Å². The van der Waals surface area contributed by atoms with Crippen LogP contribution in [-0.4, -0.2) is 36.9 Å². The van der Waals surface area contributed by atoms with E-state index in [0.29, 0.717) is 16.9 Å². The van der Waals surface area contributed by atoms with E-state index in [1.54, 1.807) is 23.0 Å². The van der Waals surface area contributed by atoms with Crippen molar-refractivity contribution in [2.75, 3.05) is 11.1 Å². The number of halogens is 1. The van der Waals surface area contributed by atoms with Crippen molar-refractivity contribution in [3.8, 4) is 0 Å². The molecule has 0 saturated heterocycles. The van der Waals surface area contributed by atoms with Crippen molar-refractivity contribution in [2.24, 2.45) is 0 Å². The SMILES string of the molecule is O=C(CSc1nnnn1C1CC1)Nc1cccnc1Cl. The van der Waals surface area contributed by atoms with Crippen molar-refractivity contribution >= 4 is 35.0 Å². The van der Waals surface area contributed by atoms with Gasteiger partial charge in [0, 0.05) is 6.20 Å². The first-order chi connectivity index (χ1) is 9.74. The molecule has 1 aliphatic carbocycles. The third-order valence-electron chi connectivity index (χ3n) is 2.72. The largest absolute Gasteiger partial charge is 0.323 e. The third-order valence-corrected chi connectivity index (χ3v) is 3.96. The monoisotopic (exact) mass is 310 g/mol. The number of nitrogens with one attached hydrogen (secondary N) is 1. The van der Waals surface area contributed by atoms with Crippen molar-refractivity contribution < 1.29 is 4.79 Å². The highest BCUT2D eigenvalue weighted by Crippen LogP contribution is 2.36. The number of thioether (sulfide) groups is 1. The molecule has 9 heteroatoms. The molecule has 104 valence electrons. The summed E-state index contributed by atoms with van der Waals surface area (Å²) in [6, 6.07) is 3.80. The lowest BCUT2D eigenvalue weighted by Gasteiger charge is -2.06. The van der Waals surface area contributed by atoms with Crippen LogP contribution in [-0.2, 0) is 4.79 Å². The van der Waals surface area contributed by atoms with Gasteiger partial charge in [0.1, 0.15) is 0 Å². The van der Waals surface area contributed by atoms with E-state index in [0.717, 1.165) is 12.8 Å². The van der Waals surface area contributed by atoms with Gasteiger partial charge in [-0.15, -0.1) is 5.10 Å². The number of aromatic nitrogens is 5. The molecule has 0 spiro atoms. The van der Waals surface area contributed by atoms with E-state index < -0.39 is 0 Å². The number of anilines is 1. The summed E-state index contributed by atoms with van der Waals surface area (Å²) < 4.78 is 1.77. The fraction of sp³-hybridized carbons (Fsp3) is 0.364. The topological polar surface area (TPSA) is 85.6 Å². The lowest BCUT2D eigenvalue weighted by Crippen LogP contribution is -2.15. The normalized spacial score (nSPS) is 14.2. The zero-order valence-electron chi connectivity index (χ0n) is 10.4. The van der Waals surface area contributed by atoms with Crippen molar-refractivity contribution in [1.82, 2.24) is 25.2 Å². The molecule has 0 aromatic carbocycles. The average molecular weight is 311 g/mol. The minimum absolute atomic E-state index is 0.171. The third kappa shape index (κ3) is 3.07. The van der Waals surface area contributed by atoms with Crippen LogP contribution in [0.15, 0.2) is 23.5 Å². The summed E-state index contributed by atoms with van der Waals surface area (Å²) in [4.78, 5) is 15.8. The van der Waals surface area contributed by atoms with Crippen molar-refractivity contribution in [3.05, 3.63) is 23.5 Å². The average Bonchev–Trinajstić information content (AvgIpc) is 3.18. The van der Waals surface area contributed by atoms with Crippen LogP contribution in [0.25, 0.3) is 0 Å². The smallest absolute Gasteiger partial charge is 0.234 e. The minimum Gasteiger partial charge on any atom is -0.323 e. The second-order valence-corrected chi connectivity index (χ2v) is 5.62. The van der Waals surface area contributed by atoms with Gasteiger partial charge in [-0.2, -0.15) is 0 Å². The van der Waals surface area contributed by atoms with E-state index in [1.807, 2.05) is 0 Å². The molecule has 1 amide bonds. The van der Waals surface area contributed by atoms with E-state index in [1.165, 1.54) is 11.8 Å². The summed E-state index contributed by atoms with van der Waals surface area (Å²) in [5.41, 5.74) is 0.501. The highest BCUT2D eigenvalue weighted by atomic mass is 35.5. The molecule has 0 aliphatic heterocycles. The van der Waals surface area contributed by atoms with E-state index in [2.05, 4.69) is 25.8 Å². The molecular weight excluding hydrogens is 300 g/mol. The van der Waals surface area contributed by atoms with Crippen LogP contribution in [0.2, 0.25) is 5.15 Å². The number of hydrogen-bond acceptors (Lipinski definition) is 6. The maximum Gasteiger partial charge on any atom is 0.234 e. The Morgan fingerprint density at radius 1 is 1.55 bits per heavy atom. The van der Waals surface area contributed by atoms with Gasteiger partial charge in [0.25, 0.3) is 0 Å². The quantitative estimate of drug-likeness (QED) is 0.669. The molecule has 3 rings (SSSR count). The van der Waals surface area contributed by atoms with Gasteiger partial charge in [-0.05, 0) is 35.4 Å². The summed E-state index contributed by atoms with van der Waals surface area (Å²) in [6.45, 7) is 0. The molecule has 0 atom stereocenters. The fourth-order valence-electron chi connectivity index (χ4n) is 1.62. The minimum atomic E-state index is -0.171. The Morgan fingerprint density at radius 3 is 3.15 bits per heavy atom. The second kappa shape index (κ2) is 5.76. The summed E-state index contributed by atoms with van der Waals surface area (Å²) in [6.07, 6.45) is 3.75.